The minimum atomic E-state index is 0.181. The van der Waals surface area contributed by atoms with Crippen LogP contribution < -0.4 is 0 Å². The lowest BCUT2D eigenvalue weighted by Gasteiger charge is -2.34. The number of rotatable bonds is 2. The Morgan fingerprint density at radius 1 is 1.35 bits per heavy atom. The Kier molecular flexibility index (Phi) is 4.33. The summed E-state index contributed by atoms with van der Waals surface area (Å²) >= 11 is 2.21. The zero-order valence-corrected chi connectivity index (χ0v) is 12.1. The molecule has 0 saturated carbocycles. The van der Waals surface area contributed by atoms with Gasteiger partial charge in [-0.05, 0) is 34.2 Å². The lowest BCUT2D eigenvalue weighted by atomic mass is 10.2. The Morgan fingerprint density at radius 2 is 2.06 bits per heavy atom. The second-order valence-corrected chi connectivity index (χ2v) is 5.38. The lowest BCUT2D eigenvalue weighted by Crippen LogP contribution is -2.47. The van der Waals surface area contributed by atoms with Crippen molar-refractivity contribution in [3.63, 3.8) is 0 Å². The number of carbonyl (C=O) groups is 1. The molecule has 0 bridgehead atoms. The normalized spacial score (nSPS) is 17.2. The summed E-state index contributed by atoms with van der Waals surface area (Å²) in [6.07, 6.45) is 1.93. The maximum atomic E-state index is 11.2. The maximum Gasteiger partial charge on any atom is 0.219 e. The van der Waals surface area contributed by atoms with Crippen molar-refractivity contribution < 1.29 is 4.79 Å². The van der Waals surface area contributed by atoms with Crippen LogP contribution in [0.1, 0.15) is 12.5 Å². The predicted molar refractivity (Wildman–Crippen MR) is 74.5 cm³/mol. The molecule has 4 nitrogen and oxygen atoms in total. The summed E-state index contributed by atoms with van der Waals surface area (Å²) in [5.41, 5.74) is 1.24. The van der Waals surface area contributed by atoms with Crippen molar-refractivity contribution in [2.75, 3.05) is 26.2 Å². The number of hydrogen-bond donors (Lipinski definition) is 0. The maximum absolute atomic E-state index is 11.2. The van der Waals surface area contributed by atoms with Crippen LogP contribution in [-0.2, 0) is 11.3 Å². The van der Waals surface area contributed by atoms with Gasteiger partial charge in [0.1, 0.15) is 3.70 Å². The predicted octanol–water partition coefficient (Wildman–Crippen LogP) is 1.35. The van der Waals surface area contributed by atoms with Crippen molar-refractivity contribution in [2.24, 2.45) is 0 Å². The van der Waals surface area contributed by atoms with Crippen LogP contribution in [0.25, 0.3) is 0 Å². The Labute approximate surface area is 115 Å². The molecule has 1 aliphatic rings. The highest BCUT2D eigenvalue weighted by Crippen LogP contribution is 2.09. The number of nitrogens with zero attached hydrogens (tertiary/aromatic N) is 3. The van der Waals surface area contributed by atoms with E-state index in [9.17, 15) is 4.79 Å². The van der Waals surface area contributed by atoms with Crippen LogP contribution in [0, 0.1) is 3.70 Å². The first kappa shape index (κ1) is 12.8. The summed E-state index contributed by atoms with van der Waals surface area (Å²) in [5.74, 6) is 0.181. The summed E-state index contributed by atoms with van der Waals surface area (Å²) in [6.45, 7) is 6.14. The zero-order valence-electron chi connectivity index (χ0n) is 9.90. The Morgan fingerprint density at radius 3 is 2.59 bits per heavy atom. The Bertz CT molecular complexity index is 385. The first-order valence-corrected chi connectivity index (χ1v) is 6.81. The lowest BCUT2D eigenvalue weighted by molar-refractivity contribution is -0.130. The highest BCUT2D eigenvalue weighted by atomic mass is 127. The molecule has 92 valence electrons. The average Bonchev–Trinajstić information content (AvgIpc) is 2.33. The van der Waals surface area contributed by atoms with Crippen LogP contribution in [0.5, 0.6) is 0 Å². The molecule has 1 fully saturated rings. The molecule has 1 aromatic heterocycles. The molecule has 0 aromatic carbocycles. The van der Waals surface area contributed by atoms with Crippen molar-refractivity contribution in [1.82, 2.24) is 14.8 Å². The molecule has 0 atom stereocenters. The first-order valence-electron chi connectivity index (χ1n) is 5.73. The Balaban J connectivity index is 1.85. The molecule has 1 aliphatic heterocycles. The van der Waals surface area contributed by atoms with Gasteiger partial charge in [0.2, 0.25) is 5.91 Å². The van der Waals surface area contributed by atoms with Crippen LogP contribution in [0.3, 0.4) is 0 Å². The van der Waals surface area contributed by atoms with E-state index in [1.165, 1.54) is 5.56 Å². The minimum Gasteiger partial charge on any atom is -0.340 e. The van der Waals surface area contributed by atoms with Crippen molar-refractivity contribution in [3.8, 4) is 0 Å². The van der Waals surface area contributed by atoms with E-state index >= 15 is 0 Å². The molecule has 0 aliphatic carbocycles. The van der Waals surface area contributed by atoms with E-state index in [4.69, 9.17) is 0 Å². The monoisotopic (exact) mass is 345 g/mol. The van der Waals surface area contributed by atoms with Gasteiger partial charge in [0, 0.05) is 45.8 Å². The van der Waals surface area contributed by atoms with Gasteiger partial charge in [-0.1, -0.05) is 6.07 Å². The van der Waals surface area contributed by atoms with Gasteiger partial charge < -0.3 is 4.90 Å². The molecule has 0 spiro atoms. The molecule has 0 radical (unpaired) electrons. The van der Waals surface area contributed by atoms with Crippen molar-refractivity contribution >= 4 is 28.5 Å². The third-order valence-corrected chi connectivity index (χ3v) is 3.65. The van der Waals surface area contributed by atoms with E-state index in [2.05, 4.69) is 38.5 Å². The molecule has 0 unspecified atom stereocenters. The Hall–Kier alpha value is -0.690. The van der Waals surface area contributed by atoms with Gasteiger partial charge in [0.25, 0.3) is 0 Å². The van der Waals surface area contributed by atoms with Crippen molar-refractivity contribution in [2.45, 2.75) is 13.5 Å². The molecule has 0 N–H and O–H groups in total. The van der Waals surface area contributed by atoms with Crippen LogP contribution >= 0.6 is 22.6 Å². The fraction of sp³-hybridized carbons (Fsp3) is 0.500. The largest absolute Gasteiger partial charge is 0.340 e. The summed E-state index contributed by atoms with van der Waals surface area (Å²) in [6, 6.07) is 4.15. The van der Waals surface area contributed by atoms with Gasteiger partial charge in [-0.2, -0.15) is 0 Å². The van der Waals surface area contributed by atoms with Gasteiger partial charge in [-0.3, -0.25) is 14.7 Å². The minimum absolute atomic E-state index is 0.181. The van der Waals surface area contributed by atoms with Crippen LogP contribution in [0.4, 0.5) is 0 Å². The molecule has 1 saturated heterocycles. The molecule has 2 heterocycles. The standard InChI is InChI=1S/C12H16IN3O/c1-10(17)16-6-4-15(5-7-16)9-11-2-3-12(13)14-8-11/h2-3,8H,4-7,9H2,1H3. The third-order valence-electron chi connectivity index (χ3n) is 3.01. The number of pyridine rings is 1. The molecule has 17 heavy (non-hydrogen) atoms. The number of hydrogen-bond acceptors (Lipinski definition) is 3. The topological polar surface area (TPSA) is 36.4 Å². The first-order chi connectivity index (χ1) is 8.15. The van der Waals surface area contributed by atoms with E-state index in [0.29, 0.717) is 0 Å². The van der Waals surface area contributed by atoms with Crippen molar-refractivity contribution in [1.29, 1.82) is 0 Å². The number of piperazine rings is 1. The van der Waals surface area contributed by atoms with Crippen molar-refractivity contribution in [3.05, 3.63) is 27.6 Å². The number of halogens is 1. The van der Waals surface area contributed by atoms with Gasteiger partial charge in [-0.15, -0.1) is 0 Å². The van der Waals surface area contributed by atoms with Crippen LogP contribution in [0.2, 0.25) is 0 Å². The molecule has 1 aromatic rings. The second kappa shape index (κ2) is 5.77. The second-order valence-electron chi connectivity index (χ2n) is 4.27. The highest BCUT2D eigenvalue weighted by Gasteiger charge is 2.18. The summed E-state index contributed by atoms with van der Waals surface area (Å²) < 4.78 is 1.02. The quantitative estimate of drug-likeness (QED) is 0.600. The van der Waals surface area contributed by atoms with E-state index < -0.39 is 0 Å². The van der Waals surface area contributed by atoms with E-state index in [-0.39, 0.29) is 5.91 Å². The number of aromatic nitrogens is 1. The fourth-order valence-electron chi connectivity index (χ4n) is 1.98. The van der Waals surface area contributed by atoms with Gasteiger partial charge >= 0.3 is 0 Å². The molecule has 1 amide bonds. The molecule has 5 heteroatoms. The van der Waals surface area contributed by atoms with E-state index in [1.807, 2.05) is 17.2 Å². The average molecular weight is 345 g/mol. The van der Waals surface area contributed by atoms with Crippen LogP contribution in [0.15, 0.2) is 18.3 Å². The summed E-state index contributed by atoms with van der Waals surface area (Å²) in [4.78, 5) is 19.8. The molecular formula is C12H16IN3O. The van der Waals surface area contributed by atoms with E-state index in [0.717, 1.165) is 36.4 Å². The fourth-order valence-corrected chi connectivity index (χ4v) is 2.30. The zero-order chi connectivity index (χ0) is 12.3. The SMILES string of the molecule is CC(=O)N1CCN(Cc2ccc(I)nc2)CC1. The molecule has 2 rings (SSSR count). The smallest absolute Gasteiger partial charge is 0.219 e. The summed E-state index contributed by atoms with van der Waals surface area (Å²) in [5, 5.41) is 0. The van der Waals surface area contributed by atoms with E-state index in [1.54, 1.807) is 6.92 Å². The van der Waals surface area contributed by atoms with Gasteiger partial charge in [0.05, 0.1) is 0 Å². The summed E-state index contributed by atoms with van der Waals surface area (Å²) in [7, 11) is 0. The van der Waals surface area contributed by atoms with Gasteiger partial charge in [0.15, 0.2) is 0 Å². The van der Waals surface area contributed by atoms with Crippen LogP contribution in [-0.4, -0.2) is 46.9 Å². The number of carbonyl (C=O) groups excluding carboxylic acids is 1. The number of amides is 1. The van der Waals surface area contributed by atoms with Gasteiger partial charge in [-0.25, -0.2) is 0 Å². The molecular weight excluding hydrogens is 329 g/mol. The highest BCUT2D eigenvalue weighted by molar-refractivity contribution is 14.1. The third kappa shape index (κ3) is 3.64.